The van der Waals surface area contributed by atoms with Gasteiger partial charge in [0.25, 0.3) is 5.69 Å². The number of nitro benzene ring substituents is 1. The van der Waals surface area contributed by atoms with Crippen LogP contribution < -0.4 is 20.9 Å². The largest absolute Gasteiger partial charge is 0.573 e. The predicted octanol–water partition coefficient (Wildman–Crippen LogP) is 5.67. The highest BCUT2D eigenvalue weighted by Gasteiger charge is 2.50. The van der Waals surface area contributed by atoms with E-state index in [-0.39, 0.29) is 47.2 Å². The number of amidine groups is 2. The Morgan fingerprint density at radius 2 is 1.30 bits per heavy atom. The number of nitrogens with zero attached hydrogens (tertiary/aromatic N) is 3. The molecule has 4 aliphatic heterocycles. The summed E-state index contributed by atoms with van der Waals surface area (Å²) in [5.74, 6) is 0.366. The first kappa shape index (κ1) is 34.9. The number of thioether (sulfide) groups is 2. The number of fused-ring (bicyclic) bond motifs is 2. The second-order valence-electron chi connectivity index (χ2n) is 11.0. The summed E-state index contributed by atoms with van der Waals surface area (Å²) < 4.78 is 95.7. The molecule has 0 bridgehead atoms. The van der Waals surface area contributed by atoms with Crippen LogP contribution >= 0.6 is 23.5 Å². The highest BCUT2D eigenvalue weighted by molar-refractivity contribution is 8.14. The number of rotatable bonds is 5. The summed E-state index contributed by atoms with van der Waals surface area (Å²) in [6.07, 6.45) is -8.41. The lowest BCUT2D eigenvalue weighted by Crippen LogP contribution is -2.47. The molecule has 0 aromatic heterocycles. The summed E-state index contributed by atoms with van der Waals surface area (Å²) in [4.78, 5) is 19.3. The second-order valence-corrected chi connectivity index (χ2v) is 13.1. The Morgan fingerprint density at radius 3 is 1.81 bits per heavy atom. The summed E-state index contributed by atoms with van der Waals surface area (Å²) in [6.45, 7) is 1.20. The minimum absolute atomic E-state index is 0.0195. The Kier molecular flexibility index (Phi) is 10.1. The van der Waals surface area contributed by atoms with E-state index in [0.717, 1.165) is 24.6 Å². The van der Waals surface area contributed by atoms with Gasteiger partial charge in [0.15, 0.2) is 10.3 Å². The Hall–Kier alpha value is -3.42. The Balaban J connectivity index is 0.000000186. The van der Waals surface area contributed by atoms with Gasteiger partial charge < -0.3 is 30.4 Å². The molecule has 4 atom stereocenters. The van der Waals surface area contributed by atoms with Gasteiger partial charge in [0.1, 0.15) is 22.6 Å². The van der Waals surface area contributed by atoms with E-state index in [9.17, 15) is 36.5 Å². The summed E-state index contributed by atoms with van der Waals surface area (Å²) in [7, 11) is 0. The van der Waals surface area contributed by atoms with E-state index in [0.29, 0.717) is 41.9 Å². The number of aliphatic imine (C=N–C) groups is 2. The number of para-hydroxylation sites is 1. The minimum atomic E-state index is -4.94. The van der Waals surface area contributed by atoms with Crippen molar-refractivity contribution in [3.63, 3.8) is 0 Å². The maximum absolute atomic E-state index is 12.8. The second kappa shape index (κ2) is 13.6. The molecular formula is C28H29F6N5O6S2. The van der Waals surface area contributed by atoms with Gasteiger partial charge >= 0.3 is 12.7 Å². The molecule has 0 spiro atoms. The molecule has 11 nitrogen and oxygen atoms in total. The van der Waals surface area contributed by atoms with E-state index in [1.165, 1.54) is 35.7 Å². The standard InChI is InChI=1S/C14H14F3N3O4S.C14H15F3N2O2S/c15-14(16,17)24-11-2-1-9(20(21)22)5-10(11)13-7-23-4-3-8(13)6-25-12(18)19-13;15-14(16,17)21-11-4-2-1-3-10(11)13-8-20-6-5-9(13)7-22-12(18)19-13/h1-2,5,8H,3-4,6-7H2,(H2,18,19);1-4,9H,5-8H2,(H2,18,19)/t8-,13-;9-,13-/m00/s1. The van der Waals surface area contributed by atoms with Gasteiger partial charge in [-0.05, 0) is 25.0 Å². The third kappa shape index (κ3) is 7.84. The van der Waals surface area contributed by atoms with Crippen molar-refractivity contribution >= 4 is 39.5 Å². The zero-order valence-corrected chi connectivity index (χ0v) is 26.0. The van der Waals surface area contributed by atoms with Crippen molar-refractivity contribution in [1.29, 1.82) is 0 Å². The predicted molar refractivity (Wildman–Crippen MR) is 162 cm³/mol. The molecule has 6 rings (SSSR count). The van der Waals surface area contributed by atoms with Crippen LogP contribution in [0.4, 0.5) is 32.0 Å². The van der Waals surface area contributed by atoms with Gasteiger partial charge in [-0.3, -0.25) is 10.1 Å². The number of alkyl halides is 6. The SMILES string of the molecule is NC1=N[C@@]2(c3cc([N+](=O)[O-])ccc3OC(F)(F)F)COCC[C@H]2CS1.NC1=N[C@@]2(c3ccccc3OC(F)(F)F)COCC[C@H]2CS1. The summed E-state index contributed by atoms with van der Waals surface area (Å²) in [6, 6.07) is 9.05. The lowest BCUT2D eigenvalue weighted by Gasteiger charge is -2.44. The van der Waals surface area contributed by atoms with Crippen molar-refractivity contribution in [3.05, 3.63) is 63.7 Å². The quantitative estimate of drug-likeness (QED) is 0.226. The van der Waals surface area contributed by atoms with Crippen LogP contribution in [0.2, 0.25) is 0 Å². The van der Waals surface area contributed by atoms with Gasteiger partial charge in [-0.15, -0.1) is 26.3 Å². The zero-order valence-electron chi connectivity index (χ0n) is 24.4. The first-order chi connectivity index (χ1) is 22.1. The van der Waals surface area contributed by atoms with Gasteiger partial charge in [0.05, 0.1) is 18.1 Å². The Bertz CT molecular complexity index is 1550. The topological polar surface area (TPSA) is 157 Å². The van der Waals surface area contributed by atoms with Crippen LogP contribution in [0, 0.1) is 22.0 Å². The number of non-ortho nitro benzene ring substituents is 1. The highest BCUT2D eigenvalue weighted by atomic mass is 32.2. The van der Waals surface area contributed by atoms with Crippen molar-refractivity contribution in [1.82, 2.24) is 0 Å². The molecule has 19 heteroatoms. The molecule has 2 fully saturated rings. The van der Waals surface area contributed by atoms with E-state index < -0.39 is 34.5 Å². The molecule has 2 aromatic rings. The fourth-order valence-corrected chi connectivity index (χ4v) is 8.16. The number of halogens is 6. The molecule has 2 aromatic carbocycles. The van der Waals surface area contributed by atoms with Crippen molar-refractivity contribution in [2.75, 3.05) is 37.9 Å². The minimum Gasteiger partial charge on any atom is -0.405 e. The van der Waals surface area contributed by atoms with Gasteiger partial charge in [0, 0.05) is 59.8 Å². The fraction of sp³-hybridized carbons (Fsp3) is 0.500. The first-order valence-electron chi connectivity index (χ1n) is 14.1. The van der Waals surface area contributed by atoms with E-state index in [1.807, 2.05) is 0 Å². The highest BCUT2D eigenvalue weighted by Crippen LogP contribution is 2.50. The van der Waals surface area contributed by atoms with Crippen LogP contribution in [-0.2, 0) is 20.6 Å². The summed E-state index contributed by atoms with van der Waals surface area (Å²) in [5.41, 5.74) is 9.48. The number of nitrogens with two attached hydrogens (primary N) is 2. The van der Waals surface area contributed by atoms with Crippen LogP contribution in [0.15, 0.2) is 52.4 Å². The smallest absolute Gasteiger partial charge is 0.405 e. The van der Waals surface area contributed by atoms with E-state index >= 15 is 0 Å². The molecule has 4 heterocycles. The third-order valence-corrected chi connectivity index (χ3v) is 10.1. The van der Waals surface area contributed by atoms with Gasteiger partial charge in [-0.25, -0.2) is 9.98 Å². The van der Waals surface area contributed by atoms with E-state index in [2.05, 4.69) is 19.5 Å². The van der Waals surface area contributed by atoms with Crippen LogP contribution in [0.25, 0.3) is 0 Å². The van der Waals surface area contributed by atoms with Crippen molar-refractivity contribution in [2.24, 2.45) is 33.3 Å². The number of nitro groups is 1. The molecule has 0 saturated carbocycles. The molecule has 0 amide bonds. The average molecular weight is 710 g/mol. The molecule has 2 saturated heterocycles. The van der Waals surface area contributed by atoms with Crippen LogP contribution in [-0.4, -0.2) is 65.9 Å². The molecule has 47 heavy (non-hydrogen) atoms. The van der Waals surface area contributed by atoms with Crippen molar-refractivity contribution < 1.29 is 50.2 Å². The molecule has 4 N–H and O–H groups in total. The maximum Gasteiger partial charge on any atom is 0.573 e. The van der Waals surface area contributed by atoms with Crippen molar-refractivity contribution in [3.8, 4) is 11.5 Å². The molecule has 256 valence electrons. The van der Waals surface area contributed by atoms with Crippen LogP contribution in [0.1, 0.15) is 24.0 Å². The third-order valence-electron chi connectivity index (χ3n) is 8.15. The van der Waals surface area contributed by atoms with Crippen molar-refractivity contribution in [2.45, 2.75) is 36.6 Å². The molecule has 0 unspecified atom stereocenters. The number of hydrogen-bond donors (Lipinski definition) is 2. The zero-order chi connectivity index (χ0) is 34.0. The molecule has 4 aliphatic rings. The molecule has 0 radical (unpaired) electrons. The number of ether oxygens (including phenoxy) is 4. The Labute approximate surface area is 272 Å². The van der Waals surface area contributed by atoms with Crippen LogP contribution in [0.5, 0.6) is 11.5 Å². The summed E-state index contributed by atoms with van der Waals surface area (Å²) in [5, 5.41) is 11.7. The van der Waals surface area contributed by atoms with Gasteiger partial charge in [-0.1, -0.05) is 41.7 Å². The summed E-state index contributed by atoms with van der Waals surface area (Å²) >= 11 is 2.73. The fourth-order valence-electron chi connectivity index (χ4n) is 6.08. The molecule has 0 aliphatic carbocycles. The van der Waals surface area contributed by atoms with E-state index in [1.54, 1.807) is 12.1 Å². The monoisotopic (exact) mass is 709 g/mol. The lowest BCUT2D eigenvalue weighted by molar-refractivity contribution is -0.385. The lowest BCUT2D eigenvalue weighted by atomic mass is 9.76. The van der Waals surface area contributed by atoms with Gasteiger partial charge in [-0.2, -0.15) is 0 Å². The van der Waals surface area contributed by atoms with Crippen LogP contribution in [0.3, 0.4) is 0 Å². The Morgan fingerprint density at radius 1 is 0.809 bits per heavy atom. The number of hydrogen-bond acceptors (Lipinski definition) is 12. The molecular weight excluding hydrogens is 680 g/mol. The normalized spacial score (nSPS) is 27.5. The van der Waals surface area contributed by atoms with Gasteiger partial charge in [0.2, 0.25) is 0 Å². The number of benzene rings is 2. The average Bonchev–Trinajstić information content (AvgIpc) is 3.00. The van der Waals surface area contributed by atoms with E-state index in [4.69, 9.17) is 20.9 Å². The maximum atomic E-state index is 12.8. The first-order valence-corrected chi connectivity index (χ1v) is 16.1.